The number of aromatic amines is 1. The van der Waals surface area contributed by atoms with E-state index in [0.29, 0.717) is 5.82 Å². The zero-order chi connectivity index (χ0) is 19.6. The molecule has 0 aliphatic rings. The highest BCUT2D eigenvalue weighted by molar-refractivity contribution is 5.85. The molecule has 0 saturated heterocycles. The Bertz CT molecular complexity index is 1070. The van der Waals surface area contributed by atoms with Crippen molar-refractivity contribution in [3.63, 3.8) is 0 Å². The highest BCUT2D eigenvalue weighted by Gasteiger charge is 2.18. The molecule has 0 aliphatic carbocycles. The Hall–Kier alpha value is -3.58. The average molecular weight is 405 g/mol. The van der Waals surface area contributed by atoms with Crippen molar-refractivity contribution < 1.29 is 14.3 Å². The van der Waals surface area contributed by atoms with Gasteiger partial charge in [-0.05, 0) is 32.9 Å². The largest absolute Gasteiger partial charge is 0.514 e. The molecular formula is C17H17ClN6O4. The Labute approximate surface area is 165 Å². The van der Waals surface area contributed by atoms with Crippen molar-refractivity contribution in [3.05, 3.63) is 53.1 Å². The number of pyridine rings is 1. The molecule has 3 aromatic rings. The second kappa shape index (κ2) is 7.98. The molecule has 0 fully saturated rings. The monoisotopic (exact) mass is 404 g/mol. The van der Waals surface area contributed by atoms with Crippen molar-refractivity contribution in [1.29, 1.82) is 5.26 Å². The second-order valence-corrected chi connectivity index (χ2v) is 6.50. The van der Waals surface area contributed by atoms with Gasteiger partial charge in [0.25, 0.3) is 5.56 Å². The van der Waals surface area contributed by atoms with E-state index in [-0.39, 0.29) is 35.1 Å². The number of ether oxygens (including phenoxy) is 2. The van der Waals surface area contributed by atoms with Gasteiger partial charge in [-0.15, -0.1) is 12.4 Å². The number of carbonyl (C=O) groups excluding carboxylic acids is 1. The molecule has 1 N–H and O–H groups in total. The number of halogens is 1. The van der Waals surface area contributed by atoms with Gasteiger partial charge < -0.3 is 9.47 Å². The number of aromatic nitrogens is 5. The molecule has 0 saturated carbocycles. The third-order valence-corrected chi connectivity index (χ3v) is 3.27. The van der Waals surface area contributed by atoms with E-state index in [9.17, 15) is 9.59 Å². The lowest BCUT2D eigenvalue weighted by Gasteiger charge is -2.18. The zero-order valence-electron chi connectivity index (χ0n) is 15.2. The Morgan fingerprint density at radius 3 is 2.61 bits per heavy atom. The van der Waals surface area contributed by atoms with Crippen LogP contribution in [0.2, 0.25) is 0 Å². The number of nitrogens with zero attached hydrogens (tertiary/aromatic N) is 5. The summed E-state index contributed by atoms with van der Waals surface area (Å²) in [5.74, 6) is 0.476. The first-order valence-electron chi connectivity index (χ1n) is 7.89. The first kappa shape index (κ1) is 20.7. The van der Waals surface area contributed by atoms with Crippen molar-refractivity contribution in [3.8, 4) is 23.3 Å². The SMILES string of the molecule is CC(C)(C)OC(=O)Oc1ccc(-n2[nH]cc(-n3cnc(C#N)c3)c2=O)nc1.Cl. The lowest BCUT2D eigenvalue weighted by Crippen LogP contribution is -2.26. The third kappa shape index (κ3) is 4.57. The molecule has 3 rings (SSSR count). The van der Waals surface area contributed by atoms with Crippen LogP contribution in [0, 0.1) is 11.3 Å². The van der Waals surface area contributed by atoms with Crippen molar-refractivity contribution >= 4 is 18.6 Å². The quantitative estimate of drug-likeness (QED) is 0.663. The fourth-order valence-electron chi connectivity index (χ4n) is 2.16. The maximum Gasteiger partial charge on any atom is 0.514 e. The summed E-state index contributed by atoms with van der Waals surface area (Å²) < 4.78 is 12.7. The average Bonchev–Trinajstić information content (AvgIpc) is 3.20. The van der Waals surface area contributed by atoms with E-state index in [2.05, 4.69) is 15.1 Å². The van der Waals surface area contributed by atoms with Crippen LogP contribution in [0.1, 0.15) is 26.5 Å². The minimum atomic E-state index is -0.843. The summed E-state index contributed by atoms with van der Waals surface area (Å²) in [6.45, 7) is 5.18. The number of H-pyrrole nitrogens is 1. The van der Waals surface area contributed by atoms with Gasteiger partial charge >= 0.3 is 6.16 Å². The zero-order valence-corrected chi connectivity index (χ0v) is 16.1. The first-order valence-corrected chi connectivity index (χ1v) is 7.89. The summed E-state index contributed by atoms with van der Waals surface area (Å²) in [4.78, 5) is 32.2. The predicted octanol–water partition coefficient (Wildman–Crippen LogP) is 2.35. The number of nitrogens with one attached hydrogen (secondary N) is 1. The first-order chi connectivity index (χ1) is 12.8. The number of nitriles is 1. The minimum Gasteiger partial charge on any atom is -0.428 e. The van der Waals surface area contributed by atoms with Crippen molar-refractivity contribution in [2.45, 2.75) is 26.4 Å². The number of rotatable bonds is 3. The molecule has 0 aromatic carbocycles. The second-order valence-electron chi connectivity index (χ2n) is 6.50. The number of imidazole rings is 1. The topological polar surface area (TPSA) is 128 Å². The van der Waals surface area contributed by atoms with Gasteiger partial charge in [0.2, 0.25) is 0 Å². The van der Waals surface area contributed by atoms with Gasteiger partial charge in [0.15, 0.2) is 17.3 Å². The molecule has 3 heterocycles. The maximum atomic E-state index is 12.5. The van der Waals surface area contributed by atoms with Crippen LogP contribution in [0.25, 0.3) is 11.5 Å². The van der Waals surface area contributed by atoms with Gasteiger partial charge in [-0.3, -0.25) is 14.5 Å². The lowest BCUT2D eigenvalue weighted by atomic mass is 10.2. The van der Waals surface area contributed by atoms with Gasteiger partial charge in [0.05, 0.1) is 6.20 Å². The molecule has 3 aromatic heterocycles. The Morgan fingerprint density at radius 1 is 1.29 bits per heavy atom. The maximum absolute atomic E-state index is 12.5. The van der Waals surface area contributed by atoms with Gasteiger partial charge in [-0.25, -0.2) is 14.8 Å². The fraction of sp³-hybridized carbons (Fsp3) is 0.235. The highest BCUT2D eigenvalue weighted by Crippen LogP contribution is 2.15. The van der Waals surface area contributed by atoms with Gasteiger partial charge in [-0.2, -0.15) is 9.94 Å². The van der Waals surface area contributed by atoms with E-state index < -0.39 is 11.8 Å². The van der Waals surface area contributed by atoms with E-state index >= 15 is 0 Å². The molecule has 10 nitrogen and oxygen atoms in total. The van der Waals surface area contributed by atoms with Crippen LogP contribution in [0.15, 0.2) is 41.8 Å². The molecule has 0 radical (unpaired) electrons. The van der Waals surface area contributed by atoms with E-state index in [0.717, 1.165) is 0 Å². The molecular weight excluding hydrogens is 388 g/mol. The van der Waals surface area contributed by atoms with Gasteiger partial charge in [0, 0.05) is 12.4 Å². The Balaban J connectivity index is 0.00000280. The highest BCUT2D eigenvalue weighted by atomic mass is 35.5. The van der Waals surface area contributed by atoms with E-state index in [1.807, 2.05) is 6.07 Å². The third-order valence-electron chi connectivity index (χ3n) is 3.27. The van der Waals surface area contributed by atoms with Crippen molar-refractivity contribution in [2.24, 2.45) is 0 Å². The molecule has 146 valence electrons. The number of hydrogen-bond donors (Lipinski definition) is 1. The molecule has 0 unspecified atom stereocenters. The molecule has 0 spiro atoms. The van der Waals surface area contributed by atoms with Crippen molar-refractivity contribution in [2.75, 3.05) is 0 Å². The normalized spacial score (nSPS) is 10.6. The molecule has 0 aliphatic heterocycles. The molecule has 28 heavy (non-hydrogen) atoms. The van der Waals surface area contributed by atoms with Crippen LogP contribution in [-0.4, -0.2) is 36.1 Å². The molecule has 0 bridgehead atoms. The lowest BCUT2D eigenvalue weighted by molar-refractivity contribution is 0.0205. The van der Waals surface area contributed by atoms with Crippen LogP contribution in [0.3, 0.4) is 0 Å². The predicted molar refractivity (Wildman–Crippen MR) is 100 cm³/mol. The van der Waals surface area contributed by atoms with E-state index in [4.69, 9.17) is 14.7 Å². The van der Waals surface area contributed by atoms with Crippen LogP contribution in [-0.2, 0) is 4.74 Å². The van der Waals surface area contributed by atoms with Gasteiger partial charge in [0.1, 0.15) is 23.7 Å². The summed E-state index contributed by atoms with van der Waals surface area (Å²) in [6, 6.07) is 4.90. The molecule has 0 atom stereocenters. The summed E-state index contributed by atoms with van der Waals surface area (Å²) >= 11 is 0. The van der Waals surface area contributed by atoms with Crippen LogP contribution >= 0.6 is 12.4 Å². The summed E-state index contributed by atoms with van der Waals surface area (Å²) in [6.07, 6.45) is 4.75. The van der Waals surface area contributed by atoms with Crippen molar-refractivity contribution in [1.82, 2.24) is 24.3 Å². The fourth-order valence-corrected chi connectivity index (χ4v) is 2.16. The molecule has 11 heteroatoms. The minimum absolute atomic E-state index is 0. The van der Waals surface area contributed by atoms with Crippen LogP contribution in [0.4, 0.5) is 4.79 Å². The van der Waals surface area contributed by atoms with E-state index in [1.54, 1.807) is 20.8 Å². The standard InChI is InChI=1S/C17H16N6O4.ClH/c1-17(2,3)27-16(25)26-12-4-5-14(19-7-12)23-15(24)13(8-21-23)22-9-11(6-18)20-10-22;/h4-5,7-10,21H,1-3H3;1H. The summed E-state index contributed by atoms with van der Waals surface area (Å²) in [5, 5.41) is 11.6. The summed E-state index contributed by atoms with van der Waals surface area (Å²) in [5.41, 5.74) is -0.578. The Kier molecular flexibility index (Phi) is 5.90. The Morgan fingerprint density at radius 2 is 2.04 bits per heavy atom. The van der Waals surface area contributed by atoms with E-state index in [1.165, 1.54) is 46.3 Å². The number of hydrogen-bond acceptors (Lipinski definition) is 7. The van der Waals surface area contributed by atoms with Crippen LogP contribution in [0.5, 0.6) is 5.75 Å². The smallest absolute Gasteiger partial charge is 0.428 e. The van der Waals surface area contributed by atoms with Gasteiger partial charge in [-0.1, -0.05) is 0 Å². The number of carbonyl (C=O) groups is 1. The van der Waals surface area contributed by atoms with Crippen LogP contribution < -0.4 is 10.3 Å². The molecule has 0 amide bonds. The summed E-state index contributed by atoms with van der Waals surface area (Å²) in [7, 11) is 0.